The first-order valence-electron chi connectivity index (χ1n) is 6.30. The molecule has 1 aromatic rings. The van der Waals surface area contributed by atoms with Crippen molar-refractivity contribution in [3.05, 3.63) is 29.3 Å². The standard InChI is InChI=1S/C14H19NO3/c1-9-5-3-6-11-12(15-10(2)14(16)17)7-4-8-18-13(9)11/h3,5-6,10,12,15H,4,7-8H2,1-2H3,(H,16,17)/t10-,12?/m0/s1. The van der Waals surface area contributed by atoms with Crippen molar-refractivity contribution in [1.29, 1.82) is 0 Å². The maximum Gasteiger partial charge on any atom is 0.320 e. The molecule has 1 aliphatic heterocycles. The summed E-state index contributed by atoms with van der Waals surface area (Å²) in [5, 5.41) is 12.2. The molecule has 4 nitrogen and oxygen atoms in total. The van der Waals surface area contributed by atoms with Crippen LogP contribution in [0.3, 0.4) is 0 Å². The summed E-state index contributed by atoms with van der Waals surface area (Å²) in [7, 11) is 0. The van der Waals surface area contributed by atoms with Gasteiger partial charge in [-0.15, -0.1) is 0 Å². The molecule has 1 heterocycles. The number of hydrogen-bond acceptors (Lipinski definition) is 3. The predicted molar refractivity (Wildman–Crippen MR) is 68.9 cm³/mol. The van der Waals surface area contributed by atoms with Gasteiger partial charge in [-0.05, 0) is 32.3 Å². The molecular formula is C14H19NO3. The first kappa shape index (κ1) is 12.9. The number of benzene rings is 1. The Morgan fingerprint density at radius 3 is 3.06 bits per heavy atom. The van der Waals surface area contributed by atoms with Crippen molar-refractivity contribution in [3.63, 3.8) is 0 Å². The molecule has 2 rings (SSSR count). The van der Waals surface area contributed by atoms with Gasteiger partial charge in [0.15, 0.2) is 0 Å². The van der Waals surface area contributed by atoms with Crippen LogP contribution in [-0.2, 0) is 4.79 Å². The Hall–Kier alpha value is -1.55. The molecule has 1 aromatic carbocycles. The van der Waals surface area contributed by atoms with Crippen LogP contribution in [0, 0.1) is 6.92 Å². The second-order valence-electron chi connectivity index (χ2n) is 4.76. The Kier molecular flexibility index (Phi) is 3.87. The number of hydrogen-bond donors (Lipinski definition) is 2. The number of aliphatic carboxylic acids is 1. The third-order valence-electron chi connectivity index (χ3n) is 3.32. The van der Waals surface area contributed by atoms with Crippen LogP contribution in [0.25, 0.3) is 0 Å². The average molecular weight is 249 g/mol. The van der Waals surface area contributed by atoms with E-state index >= 15 is 0 Å². The molecular weight excluding hydrogens is 230 g/mol. The summed E-state index contributed by atoms with van der Waals surface area (Å²) in [5.41, 5.74) is 2.17. The molecule has 0 spiro atoms. The van der Waals surface area contributed by atoms with Crippen LogP contribution in [0.15, 0.2) is 18.2 Å². The largest absolute Gasteiger partial charge is 0.493 e. The minimum Gasteiger partial charge on any atom is -0.493 e. The van der Waals surface area contributed by atoms with Crippen molar-refractivity contribution < 1.29 is 14.6 Å². The summed E-state index contributed by atoms with van der Waals surface area (Å²) in [6.45, 7) is 4.38. The van der Waals surface area contributed by atoms with Gasteiger partial charge < -0.3 is 9.84 Å². The maximum absolute atomic E-state index is 10.9. The fraction of sp³-hybridized carbons (Fsp3) is 0.500. The predicted octanol–water partition coefficient (Wildman–Crippen LogP) is 2.27. The number of nitrogens with one attached hydrogen (secondary N) is 1. The van der Waals surface area contributed by atoms with Crippen molar-refractivity contribution in [2.75, 3.05) is 6.61 Å². The summed E-state index contributed by atoms with van der Waals surface area (Å²) in [5.74, 6) is 0.0828. The van der Waals surface area contributed by atoms with Crippen molar-refractivity contribution in [2.45, 2.75) is 38.8 Å². The molecule has 0 radical (unpaired) electrons. The van der Waals surface area contributed by atoms with E-state index in [-0.39, 0.29) is 6.04 Å². The van der Waals surface area contributed by atoms with Crippen molar-refractivity contribution in [2.24, 2.45) is 0 Å². The number of carbonyl (C=O) groups is 1. The number of carboxylic acid groups (broad SMARTS) is 1. The molecule has 0 amide bonds. The van der Waals surface area contributed by atoms with Crippen LogP contribution in [0.2, 0.25) is 0 Å². The molecule has 2 N–H and O–H groups in total. The summed E-state index contributed by atoms with van der Waals surface area (Å²) < 4.78 is 5.76. The highest BCUT2D eigenvalue weighted by atomic mass is 16.5. The maximum atomic E-state index is 10.9. The van der Waals surface area contributed by atoms with Gasteiger partial charge in [0.1, 0.15) is 11.8 Å². The van der Waals surface area contributed by atoms with Crippen LogP contribution in [0.5, 0.6) is 5.75 Å². The Bertz CT molecular complexity index is 445. The van der Waals surface area contributed by atoms with E-state index in [9.17, 15) is 4.79 Å². The van der Waals surface area contributed by atoms with Crippen LogP contribution >= 0.6 is 0 Å². The van der Waals surface area contributed by atoms with Gasteiger partial charge in [-0.2, -0.15) is 0 Å². The molecule has 1 aliphatic rings. The number of fused-ring (bicyclic) bond motifs is 1. The molecule has 4 heteroatoms. The summed E-state index contributed by atoms with van der Waals surface area (Å²) in [4.78, 5) is 10.9. The van der Waals surface area contributed by atoms with Crippen LogP contribution in [-0.4, -0.2) is 23.7 Å². The Balaban J connectivity index is 2.27. The highest BCUT2D eigenvalue weighted by molar-refractivity contribution is 5.73. The third-order valence-corrected chi connectivity index (χ3v) is 3.32. The molecule has 0 saturated heterocycles. The van der Waals surface area contributed by atoms with Crippen LogP contribution in [0.1, 0.15) is 36.9 Å². The minimum atomic E-state index is -0.825. The monoisotopic (exact) mass is 249 g/mol. The van der Waals surface area contributed by atoms with Gasteiger partial charge >= 0.3 is 5.97 Å². The normalized spacial score (nSPS) is 20.4. The molecule has 2 atom stereocenters. The molecule has 0 bridgehead atoms. The molecule has 0 aliphatic carbocycles. The van der Waals surface area contributed by atoms with Crippen molar-refractivity contribution in [1.82, 2.24) is 5.32 Å². The number of carboxylic acids is 1. The van der Waals surface area contributed by atoms with E-state index in [4.69, 9.17) is 9.84 Å². The van der Waals surface area contributed by atoms with Gasteiger partial charge in [0.05, 0.1) is 6.61 Å². The number of ether oxygens (including phenoxy) is 1. The number of rotatable bonds is 3. The minimum absolute atomic E-state index is 0.0495. The van der Waals surface area contributed by atoms with E-state index in [0.717, 1.165) is 29.7 Å². The topological polar surface area (TPSA) is 58.6 Å². The first-order valence-corrected chi connectivity index (χ1v) is 6.30. The molecule has 0 fully saturated rings. The first-order chi connectivity index (χ1) is 8.59. The highest BCUT2D eigenvalue weighted by Crippen LogP contribution is 2.34. The SMILES string of the molecule is Cc1cccc2c1OCCCC2N[C@@H](C)C(=O)O. The zero-order valence-corrected chi connectivity index (χ0v) is 10.8. The van der Waals surface area contributed by atoms with E-state index in [1.54, 1.807) is 6.92 Å². The lowest BCUT2D eigenvalue weighted by Gasteiger charge is -2.21. The number of aryl methyl sites for hydroxylation is 1. The summed E-state index contributed by atoms with van der Waals surface area (Å²) >= 11 is 0. The van der Waals surface area contributed by atoms with Gasteiger partial charge in [-0.1, -0.05) is 18.2 Å². The third kappa shape index (κ3) is 2.64. The van der Waals surface area contributed by atoms with E-state index in [2.05, 4.69) is 5.32 Å². The lowest BCUT2D eigenvalue weighted by molar-refractivity contribution is -0.139. The van der Waals surface area contributed by atoms with E-state index < -0.39 is 12.0 Å². The Labute approximate surface area is 107 Å². The fourth-order valence-corrected chi connectivity index (χ4v) is 2.31. The zero-order chi connectivity index (χ0) is 13.1. The molecule has 0 aromatic heterocycles. The van der Waals surface area contributed by atoms with Crippen LogP contribution in [0.4, 0.5) is 0 Å². The second kappa shape index (κ2) is 5.40. The van der Waals surface area contributed by atoms with Crippen molar-refractivity contribution >= 4 is 5.97 Å². The van der Waals surface area contributed by atoms with Gasteiger partial charge in [-0.3, -0.25) is 10.1 Å². The molecule has 98 valence electrons. The molecule has 1 unspecified atom stereocenters. The number of para-hydroxylation sites is 1. The van der Waals surface area contributed by atoms with E-state index in [1.165, 1.54) is 0 Å². The van der Waals surface area contributed by atoms with E-state index in [0.29, 0.717) is 6.61 Å². The zero-order valence-electron chi connectivity index (χ0n) is 10.8. The quantitative estimate of drug-likeness (QED) is 0.862. The van der Waals surface area contributed by atoms with Crippen LogP contribution < -0.4 is 10.1 Å². The van der Waals surface area contributed by atoms with Gasteiger partial charge in [0.25, 0.3) is 0 Å². The van der Waals surface area contributed by atoms with Gasteiger partial charge in [0.2, 0.25) is 0 Å². The Morgan fingerprint density at radius 2 is 2.33 bits per heavy atom. The average Bonchev–Trinajstić information content (AvgIpc) is 2.53. The van der Waals surface area contributed by atoms with Gasteiger partial charge in [0, 0.05) is 11.6 Å². The lowest BCUT2D eigenvalue weighted by Crippen LogP contribution is -2.36. The molecule has 0 saturated carbocycles. The van der Waals surface area contributed by atoms with Gasteiger partial charge in [-0.25, -0.2) is 0 Å². The summed E-state index contributed by atoms with van der Waals surface area (Å²) in [6.07, 6.45) is 1.83. The lowest BCUT2D eigenvalue weighted by atomic mass is 9.99. The smallest absolute Gasteiger partial charge is 0.320 e. The fourth-order valence-electron chi connectivity index (χ4n) is 2.31. The second-order valence-corrected chi connectivity index (χ2v) is 4.76. The van der Waals surface area contributed by atoms with Crippen molar-refractivity contribution in [3.8, 4) is 5.75 Å². The molecule has 18 heavy (non-hydrogen) atoms. The highest BCUT2D eigenvalue weighted by Gasteiger charge is 2.24. The summed E-state index contributed by atoms with van der Waals surface area (Å²) in [6, 6.07) is 5.51. The Morgan fingerprint density at radius 1 is 1.56 bits per heavy atom. The van der Waals surface area contributed by atoms with E-state index in [1.807, 2.05) is 25.1 Å².